The second-order valence-corrected chi connectivity index (χ2v) is 28.4. The molecule has 3 aromatic rings. The Balaban J connectivity index is 0.957. The number of rotatable bonds is 28. The minimum atomic E-state index is -4.49. The summed E-state index contributed by atoms with van der Waals surface area (Å²) < 4.78 is 78.1. The van der Waals surface area contributed by atoms with Gasteiger partial charge in [-0.2, -0.15) is 21.4 Å². The highest BCUT2D eigenvalue weighted by Gasteiger charge is 2.44. The molecule has 2 heterocycles. The highest BCUT2D eigenvalue weighted by atomic mass is 32.2. The Morgan fingerprint density at radius 2 is 1.40 bits per heavy atom. The molecule has 13 nitrogen and oxygen atoms in total. The Morgan fingerprint density at radius 1 is 0.713 bits per heavy atom. The summed E-state index contributed by atoms with van der Waals surface area (Å²) in [6, 6.07) is 19.0. The van der Waals surface area contributed by atoms with Crippen molar-refractivity contribution in [2.45, 2.75) is 193 Å². The van der Waals surface area contributed by atoms with Gasteiger partial charge in [0.1, 0.15) is 18.1 Å². The van der Waals surface area contributed by atoms with Crippen LogP contribution in [0.2, 0.25) is 0 Å². The van der Waals surface area contributed by atoms with Crippen LogP contribution in [-0.4, -0.2) is 74.2 Å². The van der Waals surface area contributed by atoms with Gasteiger partial charge in [0.25, 0.3) is 20.2 Å². The molecule has 2 aliphatic carbocycles. The molecule has 0 spiro atoms. The number of hydrogen-bond acceptors (Lipinski definition) is 8. The fourth-order valence-corrected chi connectivity index (χ4v) is 13.6. The molecule has 3 aromatic carbocycles. The predicted molar refractivity (Wildman–Crippen MR) is 353 cm³/mol. The molecule has 4 aliphatic rings. The summed E-state index contributed by atoms with van der Waals surface area (Å²) in [4.78, 5) is 27.3. The normalized spacial score (nSPS) is 18.9. The van der Waals surface area contributed by atoms with Gasteiger partial charge in [0.2, 0.25) is 17.5 Å². The number of allylic oxidation sites excluding steroid dienone is 16. The molecule has 2 amide bonds. The van der Waals surface area contributed by atoms with Gasteiger partial charge in [0.05, 0.1) is 15.2 Å². The number of para-hydroxylation sites is 1. The maximum absolute atomic E-state index is 13.0. The van der Waals surface area contributed by atoms with Crippen LogP contribution >= 0.6 is 0 Å². The lowest BCUT2D eigenvalue weighted by Gasteiger charge is -2.32. The van der Waals surface area contributed by atoms with Crippen molar-refractivity contribution in [1.82, 2.24) is 10.6 Å². The Bertz CT molecular complexity index is 3570. The van der Waals surface area contributed by atoms with Gasteiger partial charge < -0.3 is 20.3 Å². The highest BCUT2D eigenvalue weighted by molar-refractivity contribution is 7.86. The van der Waals surface area contributed by atoms with Gasteiger partial charge in [-0.15, -0.1) is 0 Å². The van der Waals surface area contributed by atoms with Gasteiger partial charge >= 0.3 is 0 Å². The zero-order chi connectivity index (χ0) is 63.2. The largest absolute Gasteiger partial charge is 0.457 e. The molecular weight excluding hydrogens is 1130 g/mol. The Morgan fingerprint density at radius 3 is 2.10 bits per heavy atom. The molecule has 468 valence electrons. The van der Waals surface area contributed by atoms with Gasteiger partial charge in [-0.1, -0.05) is 126 Å². The number of ether oxygens (including phenoxy) is 1. The van der Waals surface area contributed by atoms with Crippen LogP contribution in [0.3, 0.4) is 0 Å². The van der Waals surface area contributed by atoms with E-state index in [0.29, 0.717) is 50.4 Å². The summed E-state index contributed by atoms with van der Waals surface area (Å²) >= 11 is 0. The van der Waals surface area contributed by atoms with E-state index in [9.17, 15) is 35.5 Å². The van der Waals surface area contributed by atoms with E-state index in [2.05, 4.69) is 135 Å². The maximum atomic E-state index is 13.0. The van der Waals surface area contributed by atoms with Crippen LogP contribution in [0.15, 0.2) is 182 Å². The Labute approximate surface area is 520 Å². The first-order valence-corrected chi connectivity index (χ1v) is 34.3. The minimum Gasteiger partial charge on any atom is -0.457 e. The standard InChI is InChI=1S/C72H94N4O9S2/c1-11-12-48-75-63-31-18-17-30-61(63)71(7,8)65(75)43-34-55-28-23-29-56(69(55)85-57-36-38-58(39-37-57)86(79,80)81)35-44-66-72(9,10)62-51-59(87(82,83)84)40-42-64(62)76(66)49-21-15-16-32-67(77)73-46-19-13-14-20-47-74-68(78)50-53(3)26-22-25-52(2)33-41-60-54(4)27-24-45-70(60,5)6/h17-18,22,25-26,30-31,33-44,50-51H,11-16,19-21,23-24,27-29,32,45-49H2,1-10H3,(H3-,73,74,77,78,79,80,81,82,83,84)/p+1/b26-22+,41-33+,52-25+,53-50+. The van der Waals surface area contributed by atoms with Crippen molar-refractivity contribution in [2.24, 2.45) is 5.41 Å². The molecule has 0 saturated heterocycles. The van der Waals surface area contributed by atoms with E-state index < -0.39 is 25.7 Å². The number of nitrogens with zero attached hydrogens (tertiary/aromatic N) is 2. The second-order valence-electron chi connectivity index (χ2n) is 25.6. The van der Waals surface area contributed by atoms with E-state index in [1.165, 1.54) is 65.6 Å². The molecule has 0 radical (unpaired) electrons. The van der Waals surface area contributed by atoms with E-state index in [-0.39, 0.29) is 32.4 Å². The summed E-state index contributed by atoms with van der Waals surface area (Å²) in [6.07, 6.45) is 34.8. The quantitative estimate of drug-likeness (QED) is 0.0179. The van der Waals surface area contributed by atoms with E-state index >= 15 is 0 Å². The lowest BCUT2D eigenvalue weighted by Crippen LogP contribution is -2.28. The molecule has 0 atom stereocenters. The van der Waals surface area contributed by atoms with Crippen molar-refractivity contribution in [3.63, 3.8) is 0 Å². The van der Waals surface area contributed by atoms with Crippen molar-refractivity contribution in [3.8, 4) is 5.75 Å². The molecule has 7 rings (SSSR count). The summed E-state index contributed by atoms with van der Waals surface area (Å²) in [5.74, 6) is 0.964. The van der Waals surface area contributed by atoms with E-state index in [1.54, 1.807) is 30.3 Å². The van der Waals surface area contributed by atoms with Crippen LogP contribution in [0.4, 0.5) is 11.4 Å². The zero-order valence-corrected chi connectivity index (χ0v) is 54.9. The van der Waals surface area contributed by atoms with Crippen LogP contribution < -0.4 is 20.3 Å². The van der Waals surface area contributed by atoms with E-state index in [0.717, 1.165) is 110 Å². The maximum Gasteiger partial charge on any atom is 0.294 e. The van der Waals surface area contributed by atoms with Crippen molar-refractivity contribution in [3.05, 3.63) is 184 Å². The Hall–Kier alpha value is -6.65. The minimum absolute atomic E-state index is 0.0148. The number of nitrogens with one attached hydrogen (secondary N) is 2. The first-order valence-electron chi connectivity index (χ1n) is 31.4. The van der Waals surface area contributed by atoms with Crippen LogP contribution in [0.1, 0.15) is 183 Å². The van der Waals surface area contributed by atoms with Crippen molar-refractivity contribution in [2.75, 3.05) is 31.1 Å². The molecule has 4 N–H and O–H groups in total. The number of carbonyl (C=O) groups excluding carboxylic acids is 2. The summed E-state index contributed by atoms with van der Waals surface area (Å²) in [6.45, 7) is 24.4. The summed E-state index contributed by atoms with van der Waals surface area (Å²) in [7, 11) is -8.92. The lowest BCUT2D eigenvalue weighted by atomic mass is 9.72. The summed E-state index contributed by atoms with van der Waals surface area (Å²) in [5.41, 5.74) is 12.3. The second kappa shape index (κ2) is 30.0. The smallest absolute Gasteiger partial charge is 0.294 e. The first kappa shape index (κ1) is 67.9. The fourth-order valence-electron chi connectivity index (χ4n) is 12.6. The predicted octanol–water partition coefficient (Wildman–Crippen LogP) is 15.9. The molecule has 0 fully saturated rings. The molecule has 15 heteroatoms. The van der Waals surface area contributed by atoms with Gasteiger partial charge in [0.15, 0.2) is 5.71 Å². The molecular formula is C72H95N4O9S2+. The number of fused-ring (bicyclic) bond motifs is 2. The van der Waals surface area contributed by atoms with E-state index in [1.807, 2.05) is 32.9 Å². The average molecular weight is 1220 g/mol. The van der Waals surface area contributed by atoms with Gasteiger partial charge in [-0.25, -0.2) is 0 Å². The van der Waals surface area contributed by atoms with Gasteiger partial charge in [-0.05, 0) is 187 Å². The number of hydrogen-bond donors (Lipinski definition) is 4. The van der Waals surface area contributed by atoms with Crippen LogP contribution in [0.25, 0.3) is 0 Å². The number of anilines is 1. The number of amides is 2. The van der Waals surface area contributed by atoms with Crippen molar-refractivity contribution in [1.29, 1.82) is 0 Å². The number of carbonyl (C=O) groups is 2. The third kappa shape index (κ3) is 18.0. The third-order valence-electron chi connectivity index (χ3n) is 17.5. The molecule has 2 aliphatic heterocycles. The average Bonchev–Trinajstić information content (AvgIpc) is 1.63. The number of benzene rings is 3. The first-order chi connectivity index (χ1) is 41.2. The van der Waals surface area contributed by atoms with Crippen molar-refractivity contribution >= 4 is 49.1 Å². The Kier molecular flexibility index (Phi) is 23.4. The van der Waals surface area contributed by atoms with Gasteiger partial charge in [-0.3, -0.25) is 18.7 Å². The highest BCUT2D eigenvalue weighted by Crippen LogP contribution is 2.49. The molecule has 0 saturated carbocycles. The van der Waals surface area contributed by atoms with Crippen LogP contribution in [-0.2, 0) is 40.7 Å². The SMILES string of the molecule is CCCC[N+]1=C(/C=C/C2=C(Oc3ccc(S(=O)(=O)O)cc3)C(=C/C=C3/N(CCCCCC(=O)NCCCCCCNC(=O)/C=C(C)/C=C/C=C(C)/C=C/C4=C(C)CCCC4(C)C)c4ccc(S(=O)(=O)O)cc4C3(C)C)/CCC2)C(C)(C)c2ccccc21. The number of unbranched alkanes of at least 4 members (excludes halogenated alkanes) is 6. The molecule has 0 unspecified atom stereocenters. The third-order valence-corrected chi connectivity index (χ3v) is 19.3. The monoisotopic (exact) mass is 1220 g/mol. The molecule has 87 heavy (non-hydrogen) atoms. The van der Waals surface area contributed by atoms with Crippen LogP contribution in [0, 0.1) is 5.41 Å². The summed E-state index contributed by atoms with van der Waals surface area (Å²) in [5, 5.41) is 6.07. The zero-order valence-electron chi connectivity index (χ0n) is 53.2. The fraction of sp³-hybridized carbons (Fsp3) is 0.458. The van der Waals surface area contributed by atoms with Crippen LogP contribution in [0.5, 0.6) is 5.75 Å². The topological polar surface area (TPSA) is 182 Å². The van der Waals surface area contributed by atoms with Gasteiger partial charge in [0, 0.05) is 73.1 Å². The van der Waals surface area contributed by atoms with E-state index in [4.69, 9.17) is 4.74 Å². The molecule has 0 bridgehead atoms. The lowest BCUT2D eigenvalue weighted by molar-refractivity contribution is -0.438. The molecule has 0 aromatic heterocycles. The van der Waals surface area contributed by atoms with Crippen molar-refractivity contribution < 1.29 is 44.8 Å².